The monoisotopic (exact) mass is 251 g/mol. The van der Waals surface area contributed by atoms with Crippen LogP contribution in [0.2, 0.25) is 5.15 Å². The molecule has 1 rings (SSSR count). The van der Waals surface area contributed by atoms with Gasteiger partial charge >= 0.3 is 6.21 Å². The van der Waals surface area contributed by atoms with Gasteiger partial charge in [-0.2, -0.15) is 0 Å². The van der Waals surface area contributed by atoms with Crippen LogP contribution in [-0.2, 0) is 4.79 Å². The molecule has 0 aliphatic carbocycles. The summed E-state index contributed by atoms with van der Waals surface area (Å²) in [7, 11) is 0. The van der Waals surface area contributed by atoms with Gasteiger partial charge in [-0.15, -0.1) is 0 Å². The molecule has 6 nitrogen and oxygen atoms in total. The van der Waals surface area contributed by atoms with E-state index >= 15 is 0 Å². The maximum Gasteiger partial charge on any atom is 0.377 e. The van der Waals surface area contributed by atoms with Crippen LogP contribution in [-0.4, -0.2) is 27.7 Å². The lowest BCUT2D eigenvalue weighted by atomic mass is 10.1. The molecule has 0 unspecified atom stereocenters. The zero-order valence-corrected chi connectivity index (χ0v) is 9.14. The van der Waals surface area contributed by atoms with Crippen molar-refractivity contribution in [2.45, 2.75) is 0 Å². The molecule has 1 aromatic heterocycles. The number of hydrogen-bond acceptors (Lipinski definition) is 5. The first-order valence-corrected chi connectivity index (χ1v) is 4.71. The van der Waals surface area contributed by atoms with E-state index in [1.165, 1.54) is 12.3 Å². The van der Waals surface area contributed by atoms with Crippen molar-refractivity contribution in [1.29, 1.82) is 5.53 Å². The molecule has 0 fully saturated rings. The second-order valence-corrected chi connectivity index (χ2v) is 3.26. The first kappa shape index (κ1) is 12.8. The van der Waals surface area contributed by atoms with E-state index in [9.17, 15) is 14.7 Å². The third-order valence-corrected chi connectivity index (χ3v) is 1.95. The van der Waals surface area contributed by atoms with Crippen LogP contribution >= 0.6 is 11.6 Å². The molecule has 86 valence electrons. The summed E-state index contributed by atoms with van der Waals surface area (Å²) < 4.78 is 0. The number of nitrogens with one attached hydrogen (secondary N) is 1. The number of carbonyl (C=O) groups excluding carboxylic acids is 2. The van der Waals surface area contributed by atoms with Crippen molar-refractivity contribution in [3.05, 3.63) is 34.6 Å². The maximum absolute atomic E-state index is 11.5. The van der Waals surface area contributed by atoms with Crippen molar-refractivity contribution in [2.24, 2.45) is 0 Å². The number of carboxylic acids is 1. The molecule has 0 aliphatic heterocycles. The number of hydrogen-bond donors (Lipinski definition) is 1. The molecular weight excluding hydrogens is 246 g/mol. The van der Waals surface area contributed by atoms with Crippen LogP contribution in [0.1, 0.15) is 15.9 Å². The Bertz CT molecular complexity index is 548. The van der Waals surface area contributed by atoms with E-state index in [2.05, 4.69) is 9.77 Å². The van der Waals surface area contributed by atoms with E-state index < -0.39 is 11.8 Å². The second kappa shape index (κ2) is 5.69. The summed E-state index contributed by atoms with van der Waals surface area (Å²) in [4.78, 5) is 28.3. The van der Waals surface area contributed by atoms with Crippen LogP contribution < -0.4 is 5.11 Å². The number of carboxylic acid groups (broad SMARTS) is 1. The Balaban J connectivity index is 3.25. The molecule has 0 spiro atoms. The fourth-order valence-electron chi connectivity index (χ4n) is 1.07. The van der Waals surface area contributed by atoms with Crippen molar-refractivity contribution >= 4 is 35.6 Å². The van der Waals surface area contributed by atoms with Gasteiger partial charge in [-0.3, -0.25) is 4.79 Å². The van der Waals surface area contributed by atoms with Crippen molar-refractivity contribution in [2.75, 3.05) is 0 Å². The lowest BCUT2D eigenvalue weighted by molar-refractivity contribution is -0.297. The van der Waals surface area contributed by atoms with E-state index in [4.69, 9.17) is 17.1 Å². The summed E-state index contributed by atoms with van der Waals surface area (Å²) >= 11 is 5.62. The zero-order chi connectivity index (χ0) is 12.8. The average molecular weight is 252 g/mol. The van der Waals surface area contributed by atoms with Gasteiger partial charge in [-0.25, -0.2) is 4.98 Å². The molecule has 0 saturated heterocycles. The number of Topliss-reactive ketones (excluding diaryl/α,β-unsaturated/α-hetero) is 1. The number of aliphatic carboxylic acids is 1. The van der Waals surface area contributed by atoms with Gasteiger partial charge in [0.1, 0.15) is 5.15 Å². The number of halogens is 1. The summed E-state index contributed by atoms with van der Waals surface area (Å²) in [6.07, 6.45) is 3.94. The van der Waals surface area contributed by atoms with Gasteiger partial charge < -0.3 is 9.90 Å². The summed E-state index contributed by atoms with van der Waals surface area (Å²) in [5.74, 6) is -1.96. The first-order chi connectivity index (χ1) is 8.04. The van der Waals surface area contributed by atoms with Gasteiger partial charge in [-0.1, -0.05) is 17.7 Å². The second-order valence-electron chi connectivity index (χ2n) is 2.87. The summed E-state index contributed by atoms with van der Waals surface area (Å²) in [5.41, 5.74) is 6.92. The smallest absolute Gasteiger partial charge is 0.377 e. The Kier molecular flexibility index (Phi) is 4.28. The molecule has 17 heavy (non-hydrogen) atoms. The molecule has 0 amide bonds. The van der Waals surface area contributed by atoms with Gasteiger partial charge in [0.2, 0.25) is 0 Å². The van der Waals surface area contributed by atoms with E-state index in [0.29, 0.717) is 0 Å². The minimum Gasteiger partial charge on any atom is -0.545 e. The van der Waals surface area contributed by atoms with Crippen LogP contribution in [0.3, 0.4) is 0 Å². The summed E-state index contributed by atoms with van der Waals surface area (Å²) in [6.45, 7) is 0. The molecule has 0 atom stereocenters. The molecule has 1 heterocycles. The average Bonchev–Trinajstić information content (AvgIpc) is 2.27. The van der Waals surface area contributed by atoms with E-state index in [1.807, 2.05) is 0 Å². The maximum atomic E-state index is 11.5. The van der Waals surface area contributed by atoms with E-state index in [1.54, 1.807) is 0 Å². The van der Waals surface area contributed by atoms with Crippen molar-refractivity contribution in [1.82, 2.24) is 4.98 Å². The highest BCUT2D eigenvalue weighted by atomic mass is 35.5. The highest BCUT2D eigenvalue weighted by Gasteiger charge is 2.13. The molecule has 0 radical (unpaired) electrons. The number of carbonyl (C=O) groups is 2. The zero-order valence-electron chi connectivity index (χ0n) is 8.38. The Hall–Kier alpha value is -2.30. The molecule has 1 aromatic rings. The largest absolute Gasteiger partial charge is 0.545 e. The molecular formula is C10H6ClN3O3. The predicted octanol–water partition coefficient (Wildman–Crippen LogP) is -0.00923. The quantitative estimate of drug-likeness (QED) is 0.203. The van der Waals surface area contributed by atoms with Gasteiger partial charge in [-0.05, 0) is 12.1 Å². The Morgan fingerprint density at radius 2 is 2.24 bits per heavy atom. The minimum atomic E-state index is -1.40. The topological polar surface area (TPSA) is 108 Å². The van der Waals surface area contributed by atoms with Crippen LogP contribution in [0.5, 0.6) is 0 Å². The molecule has 1 N–H and O–H groups in total. The number of ketones is 1. The van der Waals surface area contributed by atoms with Crippen molar-refractivity contribution in [3.63, 3.8) is 0 Å². The summed E-state index contributed by atoms with van der Waals surface area (Å²) in [6, 6.07) is 1.26. The highest BCUT2D eigenvalue weighted by Crippen LogP contribution is 2.14. The standard InChI is InChI=1S/C10H6ClN3O3/c11-9-3-7(8(15)5-14-12)6(4-13-9)1-2-10(16)17/h1-5,12H. The number of aromatic nitrogens is 1. The molecule has 0 aliphatic rings. The first-order valence-electron chi connectivity index (χ1n) is 4.33. The lowest BCUT2D eigenvalue weighted by Gasteiger charge is -2.00. The van der Waals surface area contributed by atoms with Gasteiger partial charge in [0.15, 0.2) is 0 Å². The third-order valence-electron chi connectivity index (χ3n) is 1.75. The molecule has 7 heteroatoms. The number of nitrogens with zero attached hydrogens (tertiary/aromatic N) is 2. The fourth-order valence-corrected chi connectivity index (χ4v) is 1.23. The Labute approximate surface area is 101 Å². The minimum absolute atomic E-state index is 0.0809. The Morgan fingerprint density at radius 3 is 2.82 bits per heavy atom. The normalized spacial score (nSPS) is 9.94. The van der Waals surface area contributed by atoms with E-state index in [0.717, 1.165) is 18.4 Å². The Morgan fingerprint density at radius 1 is 1.53 bits per heavy atom. The lowest BCUT2D eigenvalue weighted by Crippen LogP contribution is -2.18. The molecule has 0 aromatic carbocycles. The van der Waals surface area contributed by atoms with Crippen LogP contribution in [0, 0.1) is 5.53 Å². The van der Waals surface area contributed by atoms with Crippen LogP contribution in [0.15, 0.2) is 18.3 Å². The van der Waals surface area contributed by atoms with Gasteiger partial charge in [0.25, 0.3) is 5.78 Å². The number of rotatable bonds is 4. The predicted molar refractivity (Wildman–Crippen MR) is 56.7 cm³/mol. The van der Waals surface area contributed by atoms with Crippen molar-refractivity contribution < 1.29 is 19.5 Å². The molecule has 0 bridgehead atoms. The third kappa shape index (κ3) is 3.64. The highest BCUT2D eigenvalue weighted by molar-refractivity contribution is 6.35. The van der Waals surface area contributed by atoms with Gasteiger partial charge in [0.05, 0.1) is 16.3 Å². The number of pyridine rings is 1. The molecule has 0 saturated carbocycles. The van der Waals surface area contributed by atoms with Crippen molar-refractivity contribution in [3.8, 4) is 0 Å². The van der Waals surface area contributed by atoms with Crippen LogP contribution in [0.4, 0.5) is 0 Å². The summed E-state index contributed by atoms with van der Waals surface area (Å²) in [5, 5.41) is 10.3. The van der Waals surface area contributed by atoms with Crippen LogP contribution in [0.25, 0.3) is 6.08 Å². The van der Waals surface area contributed by atoms with Gasteiger partial charge in [0, 0.05) is 17.3 Å². The fraction of sp³-hybridized carbons (Fsp3) is 0. The van der Waals surface area contributed by atoms with E-state index in [-0.39, 0.29) is 16.3 Å². The SMILES string of the molecule is N=[N+]=CC(=O)c1cc(Cl)ncc1C=CC(=O)[O-].